The third kappa shape index (κ3) is 3.85. The molecule has 140 valence electrons. The van der Waals surface area contributed by atoms with Crippen molar-refractivity contribution in [2.24, 2.45) is 11.8 Å². The molecule has 1 aliphatic carbocycles. The molecule has 6 heteroatoms. The van der Waals surface area contributed by atoms with Crippen LogP contribution >= 0.6 is 0 Å². The van der Waals surface area contributed by atoms with Gasteiger partial charge in [0, 0.05) is 18.5 Å². The maximum absolute atomic E-state index is 12.5. The number of nitrogens with one attached hydrogen (secondary N) is 1. The van der Waals surface area contributed by atoms with E-state index >= 15 is 0 Å². The molecule has 3 aliphatic rings. The Kier molecular flexibility index (Phi) is 4.61. The molecule has 2 saturated heterocycles. The van der Waals surface area contributed by atoms with E-state index in [2.05, 4.69) is 5.32 Å². The van der Waals surface area contributed by atoms with Crippen molar-refractivity contribution >= 4 is 11.8 Å². The second-order valence-corrected chi connectivity index (χ2v) is 8.06. The molecule has 0 bridgehead atoms. The molecule has 3 fully saturated rings. The van der Waals surface area contributed by atoms with Gasteiger partial charge in [0.05, 0.1) is 19.7 Å². The van der Waals surface area contributed by atoms with Gasteiger partial charge in [0.25, 0.3) is 5.91 Å². The van der Waals surface area contributed by atoms with Crippen LogP contribution in [0.3, 0.4) is 0 Å². The van der Waals surface area contributed by atoms with E-state index in [9.17, 15) is 14.7 Å². The number of aromatic hydroxyl groups is 1. The molecule has 26 heavy (non-hydrogen) atoms. The first-order chi connectivity index (χ1) is 12.5. The van der Waals surface area contributed by atoms with Crippen molar-refractivity contribution in [1.29, 1.82) is 0 Å². The number of benzene rings is 1. The van der Waals surface area contributed by atoms with Crippen LogP contribution in [-0.2, 0) is 9.53 Å². The van der Waals surface area contributed by atoms with E-state index in [1.165, 1.54) is 18.9 Å². The molecule has 1 atom stereocenters. The average molecular weight is 358 g/mol. The lowest BCUT2D eigenvalue weighted by atomic mass is 9.82. The molecular weight excluding hydrogens is 332 g/mol. The second kappa shape index (κ2) is 6.91. The van der Waals surface area contributed by atoms with Crippen LogP contribution in [0.15, 0.2) is 24.3 Å². The third-order valence-corrected chi connectivity index (χ3v) is 5.73. The maximum atomic E-state index is 12.5. The number of hydrogen-bond donors (Lipinski definition) is 2. The van der Waals surface area contributed by atoms with Crippen LogP contribution < -0.4 is 5.32 Å². The maximum Gasteiger partial charge on any atom is 0.254 e. The molecule has 0 unspecified atom stereocenters. The van der Waals surface area contributed by atoms with Gasteiger partial charge in [0.15, 0.2) is 0 Å². The Labute approximate surface area is 153 Å². The minimum absolute atomic E-state index is 0.0652. The minimum atomic E-state index is -0.221. The van der Waals surface area contributed by atoms with Gasteiger partial charge in [-0.3, -0.25) is 9.59 Å². The number of hydrogen-bond acceptors (Lipinski definition) is 4. The quantitative estimate of drug-likeness (QED) is 0.843. The first-order valence-corrected chi connectivity index (χ1v) is 9.52. The standard InChI is InChI=1S/C20H26N2O4/c23-17-3-1-2-16(9-17)19(25)22-12-20(13-22)7-6-15(11-26-20)10-21-18(24)8-14-4-5-14/h1-3,9,14-15,23H,4-8,10-13H2,(H,21,24)/t15-/m1/s1. The molecule has 2 aliphatic heterocycles. The van der Waals surface area contributed by atoms with Crippen LogP contribution in [0.4, 0.5) is 0 Å². The van der Waals surface area contributed by atoms with E-state index in [4.69, 9.17) is 4.74 Å². The zero-order valence-corrected chi connectivity index (χ0v) is 14.9. The van der Waals surface area contributed by atoms with Crippen LogP contribution in [0, 0.1) is 11.8 Å². The summed E-state index contributed by atoms with van der Waals surface area (Å²) >= 11 is 0. The fraction of sp³-hybridized carbons (Fsp3) is 0.600. The van der Waals surface area contributed by atoms with Gasteiger partial charge in [0.1, 0.15) is 11.4 Å². The molecular formula is C20H26N2O4. The number of likely N-dealkylation sites (tertiary alicyclic amines) is 1. The molecule has 6 nitrogen and oxygen atoms in total. The van der Waals surface area contributed by atoms with Gasteiger partial charge in [-0.1, -0.05) is 6.07 Å². The molecule has 4 rings (SSSR count). The van der Waals surface area contributed by atoms with Gasteiger partial charge in [-0.25, -0.2) is 0 Å². The SMILES string of the molecule is O=C(CC1CC1)NC[C@H]1CCC2(CN(C(=O)c3cccc(O)c3)C2)OC1. The van der Waals surface area contributed by atoms with Gasteiger partial charge in [0.2, 0.25) is 5.91 Å². The van der Waals surface area contributed by atoms with Crippen LogP contribution in [0.1, 0.15) is 42.5 Å². The Balaban J connectivity index is 1.20. The summed E-state index contributed by atoms with van der Waals surface area (Å²) in [4.78, 5) is 26.0. The topological polar surface area (TPSA) is 78.9 Å². The fourth-order valence-electron chi connectivity index (χ4n) is 3.86. The number of rotatable bonds is 5. The normalized spacial score (nSPS) is 24.2. The number of ether oxygens (including phenoxy) is 1. The van der Waals surface area contributed by atoms with Crippen LogP contribution in [0.25, 0.3) is 0 Å². The minimum Gasteiger partial charge on any atom is -0.508 e. The smallest absolute Gasteiger partial charge is 0.254 e. The lowest BCUT2D eigenvalue weighted by molar-refractivity contribution is -0.166. The van der Waals surface area contributed by atoms with Gasteiger partial charge in [-0.2, -0.15) is 0 Å². The molecule has 0 radical (unpaired) electrons. The van der Waals surface area contributed by atoms with E-state index in [1.807, 2.05) is 0 Å². The first-order valence-electron chi connectivity index (χ1n) is 9.52. The average Bonchev–Trinajstić information content (AvgIpc) is 3.42. The van der Waals surface area contributed by atoms with E-state index in [-0.39, 0.29) is 23.2 Å². The van der Waals surface area contributed by atoms with Crippen molar-refractivity contribution in [2.45, 2.75) is 37.7 Å². The summed E-state index contributed by atoms with van der Waals surface area (Å²) in [5, 5.41) is 12.6. The first kappa shape index (κ1) is 17.3. The van der Waals surface area contributed by atoms with Crippen LogP contribution in [0.2, 0.25) is 0 Å². The van der Waals surface area contributed by atoms with E-state index in [1.54, 1.807) is 23.1 Å². The number of carbonyl (C=O) groups excluding carboxylic acids is 2. The predicted molar refractivity (Wildman–Crippen MR) is 95.8 cm³/mol. The van der Waals surface area contributed by atoms with Gasteiger partial charge in [-0.15, -0.1) is 0 Å². The van der Waals surface area contributed by atoms with Crippen LogP contribution in [-0.4, -0.2) is 53.7 Å². The summed E-state index contributed by atoms with van der Waals surface area (Å²) in [6.07, 6.45) is 4.99. The Bertz CT molecular complexity index is 685. The van der Waals surface area contributed by atoms with E-state index in [0.717, 1.165) is 12.8 Å². The van der Waals surface area contributed by atoms with Gasteiger partial charge < -0.3 is 20.1 Å². The highest BCUT2D eigenvalue weighted by molar-refractivity contribution is 5.95. The van der Waals surface area contributed by atoms with Gasteiger partial charge >= 0.3 is 0 Å². The zero-order valence-electron chi connectivity index (χ0n) is 14.9. The number of phenolic OH excluding ortho intramolecular Hbond substituents is 1. The van der Waals surface area contributed by atoms with Gasteiger partial charge in [-0.05, 0) is 55.7 Å². The van der Waals surface area contributed by atoms with Crippen molar-refractivity contribution in [1.82, 2.24) is 10.2 Å². The largest absolute Gasteiger partial charge is 0.508 e. The van der Waals surface area contributed by atoms with Crippen molar-refractivity contribution in [3.63, 3.8) is 0 Å². The Hall–Kier alpha value is -2.08. The molecule has 2 heterocycles. The summed E-state index contributed by atoms with van der Waals surface area (Å²) in [7, 11) is 0. The highest BCUT2D eigenvalue weighted by atomic mass is 16.5. The number of carbonyl (C=O) groups is 2. The summed E-state index contributed by atoms with van der Waals surface area (Å²) in [6.45, 7) is 2.52. The van der Waals surface area contributed by atoms with Crippen molar-refractivity contribution in [3.8, 4) is 5.75 Å². The second-order valence-electron chi connectivity index (χ2n) is 8.06. The van der Waals surface area contributed by atoms with E-state index < -0.39 is 0 Å². The fourth-order valence-corrected chi connectivity index (χ4v) is 3.86. The summed E-state index contributed by atoms with van der Waals surface area (Å²) < 4.78 is 6.09. The molecule has 1 aromatic carbocycles. The lowest BCUT2D eigenvalue weighted by Gasteiger charge is -2.52. The number of nitrogens with zero attached hydrogens (tertiary/aromatic N) is 1. The Morgan fingerprint density at radius 1 is 1.23 bits per heavy atom. The molecule has 1 aromatic rings. The van der Waals surface area contributed by atoms with Crippen LogP contribution in [0.5, 0.6) is 5.75 Å². The molecule has 1 saturated carbocycles. The molecule has 1 spiro atoms. The highest BCUT2D eigenvalue weighted by Gasteiger charge is 2.48. The van der Waals surface area contributed by atoms with Crippen molar-refractivity contribution in [2.75, 3.05) is 26.2 Å². The number of amides is 2. The third-order valence-electron chi connectivity index (χ3n) is 5.73. The zero-order chi connectivity index (χ0) is 18.1. The molecule has 0 aromatic heterocycles. The summed E-state index contributed by atoms with van der Waals surface area (Å²) in [5.74, 6) is 1.18. The highest BCUT2D eigenvalue weighted by Crippen LogP contribution is 2.37. The monoisotopic (exact) mass is 358 g/mol. The Morgan fingerprint density at radius 2 is 2.04 bits per heavy atom. The lowest BCUT2D eigenvalue weighted by Crippen LogP contribution is -2.66. The Morgan fingerprint density at radius 3 is 2.69 bits per heavy atom. The van der Waals surface area contributed by atoms with E-state index in [0.29, 0.717) is 50.1 Å². The number of phenols is 1. The molecule has 2 amide bonds. The molecule has 2 N–H and O–H groups in total. The van der Waals surface area contributed by atoms with Crippen molar-refractivity contribution < 1.29 is 19.4 Å². The predicted octanol–water partition coefficient (Wildman–Crippen LogP) is 1.93. The summed E-state index contributed by atoms with van der Waals surface area (Å²) in [5.41, 5.74) is 0.285. The summed E-state index contributed by atoms with van der Waals surface area (Å²) in [6, 6.07) is 6.45. The van der Waals surface area contributed by atoms with Crippen molar-refractivity contribution in [3.05, 3.63) is 29.8 Å².